The van der Waals surface area contributed by atoms with Crippen molar-refractivity contribution in [3.63, 3.8) is 0 Å². The second kappa shape index (κ2) is 6.47. The van der Waals surface area contributed by atoms with E-state index in [1.54, 1.807) is 24.7 Å². The number of rotatable bonds is 5. The summed E-state index contributed by atoms with van der Waals surface area (Å²) in [6.07, 6.45) is 0. The van der Waals surface area contributed by atoms with E-state index in [0.717, 1.165) is 5.69 Å². The van der Waals surface area contributed by atoms with Crippen LogP contribution in [0.15, 0.2) is 29.1 Å². The van der Waals surface area contributed by atoms with Gasteiger partial charge in [-0.15, -0.1) is 11.3 Å². The number of hydrogen-bond donors (Lipinski definition) is 1. The van der Waals surface area contributed by atoms with Crippen LogP contribution < -0.4 is 5.32 Å². The largest absolute Gasteiger partial charge is 0.382 e. The number of halogens is 1. The fraction of sp³-hybridized carbons (Fsp3) is 0.286. The van der Waals surface area contributed by atoms with Crippen LogP contribution in [0.25, 0.3) is 0 Å². The molecule has 20 heavy (non-hydrogen) atoms. The second-order valence-electron chi connectivity index (χ2n) is 4.33. The SMILES string of the molecule is CCNc1c(F)cccc1C(=O)N(C)Cc1cscn1. The van der Waals surface area contributed by atoms with E-state index in [1.807, 2.05) is 12.3 Å². The van der Waals surface area contributed by atoms with Crippen LogP contribution in [0.3, 0.4) is 0 Å². The van der Waals surface area contributed by atoms with Gasteiger partial charge in [0.15, 0.2) is 0 Å². The third-order valence-electron chi connectivity index (χ3n) is 2.83. The highest BCUT2D eigenvalue weighted by molar-refractivity contribution is 7.07. The van der Waals surface area contributed by atoms with Crippen molar-refractivity contribution >= 4 is 22.9 Å². The summed E-state index contributed by atoms with van der Waals surface area (Å²) in [6.45, 7) is 2.82. The average molecular weight is 293 g/mol. The zero-order valence-electron chi connectivity index (χ0n) is 11.4. The molecule has 1 N–H and O–H groups in total. The third kappa shape index (κ3) is 3.14. The standard InChI is InChI=1S/C14H16FN3OS/c1-3-16-13-11(5-4-6-12(13)15)14(19)18(2)7-10-8-20-9-17-10/h4-6,8-9,16H,3,7H2,1-2H3. The predicted molar refractivity (Wildman–Crippen MR) is 78.5 cm³/mol. The van der Waals surface area contributed by atoms with Crippen molar-refractivity contribution in [2.75, 3.05) is 18.9 Å². The quantitative estimate of drug-likeness (QED) is 0.921. The van der Waals surface area contributed by atoms with Gasteiger partial charge in [0, 0.05) is 19.0 Å². The van der Waals surface area contributed by atoms with E-state index in [2.05, 4.69) is 10.3 Å². The smallest absolute Gasteiger partial charge is 0.256 e. The molecule has 0 saturated carbocycles. The van der Waals surface area contributed by atoms with Gasteiger partial charge >= 0.3 is 0 Å². The Balaban J connectivity index is 2.22. The topological polar surface area (TPSA) is 45.2 Å². The van der Waals surface area contributed by atoms with Gasteiger partial charge in [-0.2, -0.15) is 0 Å². The van der Waals surface area contributed by atoms with Gasteiger partial charge in [0.25, 0.3) is 5.91 Å². The van der Waals surface area contributed by atoms with Crippen LogP contribution >= 0.6 is 11.3 Å². The van der Waals surface area contributed by atoms with Crippen molar-refractivity contribution in [1.82, 2.24) is 9.88 Å². The number of hydrogen-bond acceptors (Lipinski definition) is 4. The Kier molecular flexibility index (Phi) is 4.68. The summed E-state index contributed by atoms with van der Waals surface area (Å²) in [4.78, 5) is 18.1. The lowest BCUT2D eigenvalue weighted by Crippen LogP contribution is -2.27. The molecule has 0 aliphatic carbocycles. The molecule has 0 bridgehead atoms. The minimum atomic E-state index is -0.417. The average Bonchev–Trinajstić information content (AvgIpc) is 2.93. The summed E-state index contributed by atoms with van der Waals surface area (Å²) in [5.74, 6) is -0.645. The number of nitrogens with one attached hydrogen (secondary N) is 1. The minimum absolute atomic E-state index is 0.228. The van der Waals surface area contributed by atoms with Crippen LogP contribution in [-0.4, -0.2) is 29.4 Å². The van der Waals surface area contributed by atoms with Crippen LogP contribution in [0, 0.1) is 5.82 Å². The molecule has 4 nitrogen and oxygen atoms in total. The number of anilines is 1. The molecule has 1 amide bonds. The molecular formula is C14H16FN3OS. The summed E-state index contributed by atoms with van der Waals surface area (Å²) in [6, 6.07) is 4.51. The van der Waals surface area contributed by atoms with E-state index in [0.29, 0.717) is 18.7 Å². The molecule has 6 heteroatoms. The van der Waals surface area contributed by atoms with Gasteiger partial charge in [-0.3, -0.25) is 4.79 Å². The third-order valence-corrected chi connectivity index (χ3v) is 3.46. The Morgan fingerprint density at radius 1 is 1.50 bits per heavy atom. The number of carbonyl (C=O) groups excluding carboxylic acids is 1. The molecule has 1 aromatic heterocycles. The van der Waals surface area contributed by atoms with Crippen LogP contribution in [-0.2, 0) is 6.54 Å². The zero-order valence-corrected chi connectivity index (χ0v) is 12.2. The Morgan fingerprint density at radius 3 is 2.95 bits per heavy atom. The van der Waals surface area contributed by atoms with Crippen LogP contribution in [0.5, 0.6) is 0 Å². The Hall–Kier alpha value is -1.95. The molecule has 0 fully saturated rings. The van der Waals surface area contributed by atoms with Crippen molar-refractivity contribution < 1.29 is 9.18 Å². The molecule has 1 aromatic carbocycles. The summed E-state index contributed by atoms with van der Waals surface area (Å²) >= 11 is 1.48. The highest BCUT2D eigenvalue weighted by Crippen LogP contribution is 2.21. The number of para-hydroxylation sites is 1. The fourth-order valence-corrected chi connectivity index (χ4v) is 2.44. The van der Waals surface area contributed by atoms with Crippen LogP contribution in [0.1, 0.15) is 23.0 Å². The number of thiazole rings is 1. The summed E-state index contributed by atoms with van der Waals surface area (Å²) < 4.78 is 13.8. The first-order chi connectivity index (χ1) is 9.63. The lowest BCUT2D eigenvalue weighted by molar-refractivity contribution is 0.0784. The number of aromatic nitrogens is 1. The highest BCUT2D eigenvalue weighted by Gasteiger charge is 2.18. The van der Waals surface area contributed by atoms with Gasteiger partial charge in [0.2, 0.25) is 0 Å². The molecular weight excluding hydrogens is 277 g/mol. The van der Waals surface area contributed by atoms with Gasteiger partial charge in [0.05, 0.1) is 29.0 Å². The van der Waals surface area contributed by atoms with Crippen LogP contribution in [0.4, 0.5) is 10.1 Å². The molecule has 0 aliphatic rings. The summed E-state index contributed by atoms with van der Waals surface area (Å²) in [7, 11) is 1.68. The summed E-state index contributed by atoms with van der Waals surface area (Å²) in [5, 5.41) is 4.79. The lowest BCUT2D eigenvalue weighted by Gasteiger charge is -2.18. The molecule has 0 spiro atoms. The first-order valence-electron chi connectivity index (χ1n) is 6.28. The number of benzene rings is 1. The number of carbonyl (C=O) groups is 1. The molecule has 0 atom stereocenters. The van der Waals surface area contributed by atoms with E-state index in [-0.39, 0.29) is 11.6 Å². The van der Waals surface area contributed by atoms with E-state index in [4.69, 9.17) is 0 Å². The maximum absolute atomic E-state index is 13.8. The first kappa shape index (κ1) is 14.5. The maximum Gasteiger partial charge on any atom is 0.256 e. The number of amides is 1. The highest BCUT2D eigenvalue weighted by atomic mass is 32.1. The molecule has 2 rings (SSSR count). The normalized spacial score (nSPS) is 10.3. The van der Waals surface area contributed by atoms with E-state index >= 15 is 0 Å². The zero-order chi connectivity index (χ0) is 14.5. The fourth-order valence-electron chi connectivity index (χ4n) is 1.89. The molecule has 0 aliphatic heterocycles. The summed E-state index contributed by atoms with van der Waals surface area (Å²) in [5.41, 5.74) is 3.14. The molecule has 2 aromatic rings. The van der Waals surface area contributed by atoms with Gasteiger partial charge < -0.3 is 10.2 Å². The van der Waals surface area contributed by atoms with Gasteiger partial charge in [-0.05, 0) is 19.1 Å². The Morgan fingerprint density at radius 2 is 2.30 bits per heavy atom. The van der Waals surface area contributed by atoms with E-state index in [1.165, 1.54) is 22.3 Å². The van der Waals surface area contributed by atoms with Crippen molar-refractivity contribution in [3.05, 3.63) is 46.2 Å². The lowest BCUT2D eigenvalue weighted by atomic mass is 10.1. The van der Waals surface area contributed by atoms with Crippen molar-refractivity contribution in [2.24, 2.45) is 0 Å². The van der Waals surface area contributed by atoms with E-state index in [9.17, 15) is 9.18 Å². The van der Waals surface area contributed by atoms with Gasteiger partial charge in [0.1, 0.15) is 5.82 Å². The molecule has 0 unspecified atom stereocenters. The Bertz CT molecular complexity index is 586. The molecule has 1 heterocycles. The number of nitrogens with zero attached hydrogens (tertiary/aromatic N) is 2. The van der Waals surface area contributed by atoms with Crippen LogP contribution in [0.2, 0.25) is 0 Å². The van der Waals surface area contributed by atoms with Crippen molar-refractivity contribution in [2.45, 2.75) is 13.5 Å². The minimum Gasteiger partial charge on any atom is -0.382 e. The Labute approximate surface area is 121 Å². The van der Waals surface area contributed by atoms with Gasteiger partial charge in [-0.1, -0.05) is 6.07 Å². The monoisotopic (exact) mass is 293 g/mol. The maximum atomic E-state index is 13.8. The van der Waals surface area contributed by atoms with Gasteiger partial charge in [-0.25, -0.2) is 9.37 Å². The van der Waals surface area contributed by atoms with Crippen molar-refractivity contribution in [3.8, 4) is 0 Å². The predicted octanol–water partition coefficient (Wildman–Crippen LogP) is 2.99. The molecule has 106 valence electrons. The van der Waals surface area contributed by atoms with E-state index < -0.39 is 5.82 Å². The van der Waals surface area contributed by atoms with Crippen molar-refractivity contribution in [1.29, 1.82) is 0 Å². The second-order valence-corrected chi connectivity index (χ2v) is 5.05. The first-order valence-corrected chi connectivity index (χ1v) is 7.22. The molecule has 0 saturated heterocycles. The molecule has 0 radical (unpaired) electrons.